The molecular weight excluding hydrogens is 307 g/mol. The number of aromatic nitrogens is 2. The molecule has 0 amide bonds. The maximum absolute atomic E-state index is 6.45. The zero-order valence-electron chi connectivity index (χ0n) is 12.2. The van der Waals surface area contributed by atoms with Crippen LogP contribution in [-0.2, 0) is 19.4 Å². The number of hydrogen-bond acceptors (Lipinski definition) is 3. The number of hydrogen-bond donors (Lipinski definition) is 2. The van der Waals surface area contributed by atoms with Gasteiger partial charge in [-0.25, -0.2) is 0 Å². The Kier molecular flexibility index (Phi) is 5.65. The maximum atomic E-state index is 6.45. The average Bonchev–Trinajstić information content (AvgIpc) is 2.81. The number of nitrogens with two attached hydrogens (primary N) is 1. The molecule has 1 atom stereocenters. The molecule has 1 heterocycles. The molecule has 0 bridgehead atoms. The molecule has 2 rings (SSSR count). The average molecular weight is 327 g/mol. The standard InChI is InChI=1S/C15H20Cl2N4/c1-3-12-15(17)14(21(4-2)20-12)9-13(19-18)10-7-5-6-8-11(10)16/h5-8,13,19H,3-4,9,18H2,1-2H3. The van der Waals surface area contributed by atoms with E-state index < -0.39 is 0 Å². The summed E-state index contributed by atoms with van der Waals surface area (Å²) in [6, 6.07) is 7.56. The minimum absolute atomic E-state index is 0.108. The van der Waals surface area contributed by atoms with Crippen LogP contribution in [0.5, 0.6) is 0 Å². The molecule has 0 aliphatic heterocycles. The first-order chi connectivity index (χ1) is 10.1. The van der Waals surface area contributed by atoms with Crippen molar-refractivity contribution in [1.82, 2.24) is 15.2 Å². The zero-order valence-corrected chi connectivity index (χ0v) is 13.7. The van der Waals surface area contributed by atoms with Crippen LogP contribution in [0.3, 0.4) is 0 Å². The van der Waals surface area contributed by atoms with Gasteiger partial charge in [-0.2, -0.15) is 5.10 Å². The SMILES string of the molecule is CCc1nn(CC)c(CC(NN)c2ccccc2Cl)c1Cl. The highest BCUT2D eigenvalue weighted by molar-refractivity contribution is 6.32. The Labute approximate surface area is 135 Å². The predicted octanol–water partition coefficient (Wildman–Crippen LogP) is 3.52. The fraction of sp³-hybridized carbons (Fsp3) is 0.400. The van der Waals surface area contributed by atoms with Gasteiger partial charge in [0, 0.05) is 18.0 Å². The lowest BCUT2D eigenvalue weighted by molar-refractivity contribution is 0.517. The normalized spacial score (nSPS) is 12.6. The summed E-state index contributed by atoms with van der Waals surface area (Å²) in [5.41, 5.74) is 5.69. The summed E-state index contributed by atoms with van der Waals surface area (Å²) in [5, 5.41) is 5.95. The molecule has 21 heavy (non-hydrogen) atoms. The highest BCUT2D eigenvalue weighted by Gasteiger charge is 2.20. The Hall–Kier alpha value is -1.07. The van der Waals surface area contributed by atoms with Gasteiger partial charge in [-0.1, -0.05) is 48.3 Å². The van der Waals surface area contributed by atoms with E-state index in [1.54, 1.807) is 0 Å². The number of halogens is 2. The lowest BCUT2D eigenvalue weighted by Crippen LogP contribution is -2.30. The van der Waals surface area contributed by atoms with Gasteiger partial charge < -0.3 is 0 Å². The zero-order chi connectivity index (χ0) is 15.4. The first-order valence-electron chi connectivity index (χ1n) is 7.06. The summed E-state index contributed by atoms with van der Waals surface area (Å²) in [4.78, 5) is 0. The van der Waals surface area contributed by atoms with E-state index in [1.807, 2.05) is 42.8 Å². The van der Waals surface area contributed by atoms with Crippen molar-refractivity contribution in [2.45, 2.75) is 39.3 Å². The second-order valence-electron chi connectivity index (χ2n) is 4.82. The Morgan fingerprint density at radius 3 is 2.57 bits per heavy atom. The number of hydrazine groups is 1. The van der Waals surface area contributed by atoms with Crippen LogP contribution in [-0.4, -0.2) is 9.78 Å². The molecule has 0 aliphatic rings. The van der Waals surface area contributed by atoms with Crippen LogP contribution in [0.1, 0.15) is 36.8 Å². The van der Waals surface area contributed by atoms with Gasteiger partial charge in [-0.15, -0.1) is 0 Å². The van der Waals surface area contributed by atoms with Crippen LogP contribution in [0, 0.1) is 0 Å². The van der Waals surface area contributed by atoms with Crippen LogP contribution >= 0.6 is 23.2 Å². The van der Waals surface area contributed by atoms with Crippen molar-refractivity contribution in [2.75, 3.05) is 0 Å². The molecule has 0 aliphatic carbocycles. The van der Waals surface area contributed by atoms with Crippen molar-refractivity contribution in [3.8, 4) is 0 Å². The molecule has 1 aromatic heterocycles. The van der Waals surface area contributed by atoms with Crippen molar-refractivity contribution in [2.24, 2.45) is 5.84 Å². The second kappa shape index (κ2) is 7.27. The van der Waals surface area contributed by atoms with Crippen LogP contribution in [0.2, 0.25) is 10.0 Å². The number of aryl methyl sites for hydroxylation is 2. The van der Waals surface area contributed by atoms with E-state index in [4.69, 9.17) is 29.0 Å². The number of nitrogens with one attached hydrogen (secondary N) is 1. The van der Waals surface area contributed by atoms with Crippen molar-refractivity contribution in [1.29, 1.82) is 0 Å². The molecular formula is C15H20Cl2N4. The smallest absolute Gasteiger partial charge is 0.0850 e. The fourth-order valence-corrected chi connectivity index (χ4v) is 3.04. The minimum atomic E-state index is -0.108. The third kappa shape index (κ3) is 3.40. The molecule has 114 valence electrons. The van der Waals surface area contributed by atoms with Gasteiger partial charge in [0.1, 0.15) is 0 Å². The topological polar surface area (TPSA) is 55.9 Å². The number of benzene rings is 1. The van der Waals surface area contributed by atoms with Crippen LogP contribution in [0.25, 0.3) is 0 Å². The van der Waals surface area contributed by atoms with E-state index in [-0.39, 0.29) is 6.04 Å². The quantitative estimate of drug-likeness (QED) is 0.630. The molecule has 1 unspecified atom stereocenters. The molecule has 4 nitrogen and oxygen atoms in total. The van der Waals surface area contributed by atoms with Crippen LogP contribution in [0.15, 0.2) is 24.3 Å². The predicted molar refractivity (Wildman–Crippen MR) is 87.5 cm³/mol. The molecule has 2 aromatic rings. The molecule has 0 fully saturated rings. The Morgan fingerprint density at radius 1 is 1.29 bits per heavy atom. The molecule has 3 N–H and O–H groups in total. The molecule has 0 saturated carbocycles. The van der Waals surface area contributed by atoms with Gasteiger partial charge in [0.2, 0.25) is 0 Å². The van der Waals surface area contributed by atoms with E-state index >= 15 is 0 Å². The van der Waals surface area contributed by atoms with E-state index in [0.29, 0.717) is 11.4 Å². The van der Waals surface area contributed by atoms with Gasteiger partial charge in [-0.05, 0) is 25.0 Å². The first-order valence-corrected chi connectivity index (χ1v) is 7.82. The summed E-state index contributed by atoms with van der Waals surface area (Å²) >= 11 is 12.7. The molecule has 6 heteroatoms. The minimum Gasteiger partial charge on any atom is -0.271 e. The molecule has 1 aromatic carbocycles. The fourth-order valence-electron chi connectivity index (χ4n) is 2.42. The monoisotopic (exact) mass is 326 g/mol. The van der Waals surface area contributed by atoms with E-state index in [9.17, 15) is 0 Å². The molecule has 0 spiro atoms. The van der Waals surface area contributed by atoms with E-state index in [1.165, 1.54) is 0 Å². The number of rotatable bonds is 6. The van der Waals surface area contributed by atoms with Gasteiger partial charge in [0.25, 0.3) is 0 Å². The Morgan fingerprint density at radius 2 is 2.00 bits per heavy atom. The van der Waals surface area contributed by atoms with Crippen LogP contribution < -0.4 is 11.3 Å². The summed E-state index contributed by atoms with van der Waals surface area (Å²) in [6.07, 6.45) is 1.45. The summed E-state index contributed by atoms with van der Waals surface area (Å²) in [7, 11) is 0. The molecule has 0 radical (unpaired) electrons. The summed E-state index contributed by atoms with van der Waals surface area (Å²) in [6.45, 7) is 4.87. The van der Waals surface area contributed by atoms with Gasteiger partial charge >= 0.3 is 0 Å². The van der Waals surface area contributed by atoms with Crippen molar-refractivity contribution in [3.05, 3.63) is 51.3 Å². The van der Waals surface area contributed by atoms with Crippen molar-refractivity contribution >= 4 is 23.2 Å². The summed E-state index contributed by atoms with van der Waals surface area (Å²) in [5.74, 6) is 5.72. The first kappa shape index (κ1) is 16.3. The van der Waals surface area contributed by atoms with Gasteiger partial charge in [-0.3, -0.25) is 16.0 Å². The third-order valence-corrected chi connectivity index (χ3v) is 4.35. The highest BCUT2D eigenvalue weighted by Crippen LogP contribution is 2.29. The van der Waals surface area contributed by atoms with Crippen LogP contribution in [0.4, 0.5) is 0 Å². The van der Waals surface area contributed by atoms with Gasteiger partial charge in [0.15, 0.2) is 0 Å². The molecule has 0 saturated heterocycles. The summed E-state index contributed by atoms with van der Waals surface area (Å²) < 4.78 is 1.93. The highest BCUT2D eigenvalue weighted by atomic mass is 35.5. The maximum Gasteiger partial charge on any atom is 0.0850 e. The van der Waals surface area contributed by atoms with Crippen molar-refractivity contribution < 1.29 is 0 Å². The Bertz CT molecular complexity index is 610. The lowest BCUT2D eigenvalue weighted by Gasteiger charge is -2.18. The second-order valence-corrected chi connectivity index (χ2v) is 5.61. The van der Waals surface area contributed by atoms with E-state index in [0.717, 1.165) is 34.9 Å². The lowest BCUT2D eigenvalue weighted by atomic mass is 10.0. The Balaban J connectivity index is 2.35. The number of nitrogens with zero attached hydrogens (tertiary/aromatic N) is 2. The third-order valence-electron chi connectivity index (χ3n) is 3.57. The largest absolute Gasteiger partial charge is 0.271 e. The van der Waals surface area contributed by atoms with E-state index in [2.05, 4.69) is 10.5 Å². The van der Waals surface area contributed by atoms with Crippen molar-refractivity contribution in [3.63, 3.8) is 0 Å². The van der Waals surface area contributed by atoms with Gasteiger partial charge in [0.05, 0.1) is 22.5 Å².